The average molecular weight is 208 g/mol. The van der Waals surface area contributed by atoms with Crippen LogP contribution in [0.25, 0.3) is 0 Å². The topological polar surface area (TPSA) is 50.2 Å². The van der Waals surface area contributed by atoms with E-state index in [0.29, 0.717) is 12.6 Å². The maximum Gasteiger partial charge on any atom is 0.241 e. The van der Waals surface area contributed by atoms with Crippen molar-refractivity contribution in [2.24, 2.45) is 7.05 Å². The zero-order chi connectivity index (χ0) is 10.8. The minimum absolute atomic E-state index is 0.128. The van der Waals surface area contributed by atoms with E-state index >= 15 is 0 Å². The van der Waals surface area contributed by atoms with Gasteiger partial charge in [0.05, 0.1) is 6.54 Å². The fraction of sp³-hybridized carbons (Fsp3) is 0.600. The molecule has 1 heterocycles. The molecule has 82 valence electrons. The van der Waals surface area contributed by atoms with Crippen molar-refractivity contribution < 1.29 is 4.79 Å². The second-order valence-corrected chi connectivity index (χ2v) is 3.96. The van der Waals surface area contributed by atoms with Crippen LogP contribution in [-0.4, -0.2) is 40.2 Å². The number of aryl methyl sites for hydroxylation is 1. The molecule has 0 saturated heterocycles. The third kappa shape index (κ3) is 2.49. The highest BCUT2D eigenvalue weighted by molar-refractivity contribution is 5.80. The van der Waals surface area contributed by atoms with E-state index in [1.165, 1.54) is 0 Å². The lowest BCUT2D eigenvalue weighted by atomic mass is 10.4. The van der Waals surface area contributed by atoms with Gasteiger partial charge in [0.25, 0.3) is 0 Å². The SMILES string of the molecule is CN(C(=O)CNc1ccn(C)n1)C1CC1. The Labute approximate surface area is 89.1 Å². The van der Waals surface area contributed by atoms with Crippen LogP contribution in [-0.2, 0) is 11.8 Å². The summed E-state index contributed by atoms with van der Waals surface area (Å²) in [6, 6.07) is 2.33. The van der Waals surface area contributed by atoms with Crippen molar-refractivity contribution in [1.29, 1.82) is 0 Å². The number of nitrogens with zero attached hydrogens (tertiary/aromatic N) is 3. The smallest absolute Gasteiger partial charge is 0.241 e. The molecule has 0 aromatic carbocycles. The number of carbonyl (C=O) groups is 1. The lowest BCUT2D eigenvalue weighted by Gasteiger charge is -2.16. The van der Waals surface area contributed by atoms with E-state index in [4.69, 9.17) is 0 Å². The van der Waals surface area contributed by atoms with Crippen LogP contribution in [0.5, 0.6) is 0 Å². The van der Waals surface area contributed by atoms with Crippen LogP contribution < -0.4 is 5.32 Å². The number of aromatic nitrogens is 2. The molecule has 2 rings (SSSR count). The molecule has 1 saturated carbocycles. The Hall–Kier alpha value is -1.52. The molecule has 1 aliphatic rings. The monoisotopic (exact) mass is 208 g/mol. The second-order valence-electron chi connectivity index (χ2n) is 3.96. The van der Waals surface area contributed by atoms with Gasteiger partial charge in [-0.15, -0.1) is 0 Å². The molecule has 0 bridgehead atoms. The Balaban J connectivity index is 1.79. The molecule has 0 radical (unpaired) electrons. The lowest BCUT2D eigenvalue weighted by molar-refractivity contribution is -0.128. The first-order valence-electron chi connectivity index (χ1n) is 5.16. The summed E-state index contributed by atoms with van der Waals surface area (Å²) < 4.78 is 1.71. The minimum Gasteiger partial charge on any atom is -0.360 e. The first kappa shape index (κ1) is 10.0. The van der Waals surface area contributed by atoms with Crippen LogP contribution in [0.1, 0.15) is 12.8 Å². The van der Waals surface area contributed by atoms with Gasteiger partial charge in [-0.2, -0.15) is 5.10 Å². The molecule has 1 N–H and O–H groups in total. The second kappa shape index (κ2) is 3.92. The molecule has 0 spiro atoms. The summed E-state index contributed by atoms with van der Waals surface area (Å²) in [6.07, 6.45) is 4.13. The number of hydrogen-bond donors (Lipinski definition) is 1. The number of hydrogen-bond acceptors (Lipinski definition) is 3. The summed E-state index contributed by atoms with van der Waals surface area (Å²) in [5, 5.41) is 7.14. The number of carbonyl (C=O) groups excluding carboxylic acids is 1. The molecule has 0 unspecified atom stereocenters. The van der Waals surface area contributed by atoms with Crippen LogP contribution >= 0.6 is 0 Å². The van der Waals surface area contributed by atoms with Gasteiger partial charge in [-0.3, -0.25) is 9.48 Å². The van der Waals surface area contributed by atoms with E-state index < -0.39 is 0 Å². The molecule has 1 fully saturated rings. The van der Waals surface area contributed by atoms with E-state index in [2.05, 4.69) is 10.4 Å². The summed E-state index contributed by atoms with van der Waals surface area (Å²) in [6.45, 7) is 0.323. The zero-order valence-electron chi connectivity index (χ0n) is 9.10. The summed E-state index contributed by atoms with van der Waals surface area (Å²) >= 11 is 0. The van der Waals surface area contributed by atoms with Crippen LogP contribution in [0, 0.1) is 0 Å². The van der Waals surface area contributed by atoms with Gasteiger partial charge in [-0.1, -0.05) is 0 Å². The van der Waals surface area contributed by atoms with Gasteiger partial charge in [0, 0.05) is 32.4 Å². The lowest BCUT2D eigenvalue weighted by Crippen LogP contribution is -2.33. The van der Waals surface area contributed by atoms with Crippen LogP contribution in [0.15, 0.2) is 12.3 Å². The quantitative estimate of drug-likeness (QED) is 0.781. The Kier molecular flexibility index (Phi) is 2.62. The molecule has 1 amide bonds. The van der Waals surface area contributed by atoms with Crippen molar-refractivity contribution >= 4 is 11.7 Å². The first-order valence-corrected chi connectivity index (χ1v) is 5.16. The molecule has 5 heteroatoms. The maximum atomic E-state index is 11.6. The maximum absolute atomic E-state index is 11.6. The fourth-order valence-corrected chi connectivity index (χ4v) is 1.47. The van der Waals surface area contributed by atoms with Crippen LogP contribution in [0.4, 0.5) is 5.82 Å². The molecule has 15 heavy (non-hydrogen) atoms. The number of rotatable bonds is 4. The molecular weight excluding hydrogens is 192 g/mol. The fourth-order valence-electron chi connectivity index (χ4n) is 1.47. The summed E-state index contributed by atoms with van der Waals surface area (Å²) in [7, 11) is 3.71. The highest BCUT2D eigenvalue weighted by Gasteiger charge is 2.29. The van der Waals surface area contributed by atoms with Crippen molar-refractivity contribution in [2.45, 2.75) is 18.9 Å². The van der Waals surface area contributed by atoms with Gasteiger partial charge < -0.3 is 10.2 Å². The largest absolute Gasteiger partial charge is 0.360 e. The molecular formula is C10H16N4O. The predicted octanol–water partition coefficient (Wildman–Crippen LogP) is 0.453. The van der Waals surface area contributed by atoms with E-state index in [9.17, 15) is 4.79 Å². The standard InChI is InChI=1S/C10H16N4O/c1-13-6-5-9(12-13)11-7-10(15)14(2)8-3-4-8/h5-6,8H,3-4,7H2,1-2H3,(H,11,12). The predicted molar refractivity (Wildman–Crippen MR) is 57.5 cm³/mol. The van der Waals surface area contributed by atoms with Gasteiger partial charge in [0.2, 0.25) is 5.91 Å². The third-order valence-electron chi connectivity index (χ3n) is 2.62. The highest BCUT2D eigenvalue weighted by atomic mass is 16.2. The van der Waals surface area contributed by atoms with E-state index in [0.717, 1.165) is 18.7 Å². The zero-order valence-corrected chi connectivity index (χ0v) is 9.10. The van der Waals surface area contributed by atoms with Gasteiger partial charge >= 0.3 is 0 Å². The average Bonchev–Trinajstić information content (AvgIpc) is 2.98. The molecule has 0 aliphatic heterocycles. The first-order chi connectivity index (χ1) is 7.16. The van der Waals surface area contributed by atoms with Gasteiger partial charge in [0.1, 0.15) is 5.82 Å². The minimum atomic E-state index is 0.128. The Bertz CT molecular complexity index is 356. The number of likely N-dealkylation sites (N-methyl/N-ethyl adjacent to an activating group) is 1. The van der Waals surface area contributed by atoms with E-state index in [1.54, 1.807) is 4.68 Å². The van der Waals surface area contributed by atoms with Crippen LogP contribution in [0.3, 0.4) is 0 Å². The molecule has 1 aromatic heterocycles. The normalized spacial score (nSPS) is 15.1. The van der Waals surface area contributed by atoms with Crippen molar-refractivity contribution in [1.82, 2.24) is 14.7 Å². The Morgan fingerprint density at radius 1 is 1.73 bits per heavy atom. The van der Waals surface area contributed by atoms with E-state index in [-0.39, 0.29) is 5.91 Å². The highest BCUT2D eigenvalue weighted by Crippen LogP contribution is 2.25. The van der Waals surface area contributed by atoms with Crippen molar-refractivity contribution in [3.05, 3.63) is 12.3 Å². The third-order valence-corrected chi connectivity index (χ3v) is 2.62. The van der Waals surface area contributed by atoms with E-state index in [1.807, 2.05) is 31.3 Å². The van der Waals surface area contributed by atoms with Gasteiger partial charge in [-0.05, 0) is 12.8 Å². The molecule has 0 atom stereocenters. The number of anilines is 1. The molecule has 1 aromatic rings. The Morgan fingerprint density at radius 3 is 3.00 bits per heavy atom. The van der Waals surface area contributed by atoms with Crippen LogP contribution in [0.2, 0.25) is 0 Å². The molecule has 5 nitrogen and oxygen atoms in total. The van der Waals surface area contributed by atoms with Crippen molar-refractivity contribution in [2.75, 3.05) is 18.9 Å². The van der Waals surface area contributed by atoms with Crippen molar-refractivity contribution in [3.63, 3.8) is 0 Å². The number of amides is 1. The summed E-state index contributed by atoms with van der Waals surface area (Å²) in [5.41, 5.74) is 0. The van der Waals surface area contributed by atoms with Gasteiger partial charge in [-0.25, -0.2) is 0 Å². The summed E-state index contributed by atoms with van der Waals surface area (Å²) in [4.78, 5) is 13.4. The Morgan fingerprint density at radius 2 is 2.47 bits per heavy atom. The summed E-state index contributed by atoms with van der Waals surface area (Å²) in [5.74, 6) is 0.873. The van der Waals surface area contributed by atoms with Crippen molar-refractivity contribution in [3.8, 4) is 0 Å². The molecule has 1 aliphatic carbocycles. The number of nitrogens with one attached hydrogen (secondary N) is 1. The van der Waals surface area contributed by atoms with Gasteiger partial charge in [0.15, 0.2) is 0 Å².